The van der Waals surface area contributed by atoms with Crippen LogP contribution in [0.1, 0.15) is 22.8 Å². The van der Waals surface area contributed by atoms with Gasteiger partial charge < -0.3 is 9.80 Å². The van der Waals surface area contributed by atoms with Crippen LogP contribution in [0.25, 0.3) is 11.3 Å². The van der Waals surface area contributed by atoms with Gasteiger partial charge in [-0.1, -0.05) is 67.1 Å². The summed E-state index contributed by atoms with van der Waals surface area (Å²) in [7, 11) is 0. The molecular weight excluding hydrogens is 384 g/mol. The average molecular weight is 409 g/mol. The number of carbonyl (C=O) groups is 1. The molecular formula is C23H25ClN4O. The molecule has 1 amide bonds. The maximum Gasteiger partial charge on any atom is 0.257 e. The topological polar surface area (TPSA) is 41.4 Å². The second kappa shape index (κ2) is 8.80. The normalized spacial score (nSPS) is 14.9. The second-order valence-corrected chi connectivity index (χ2v) is 7.68. The summed E-state index contributed by atoms with van der Waals surface area (Å²) in [6.07, 6.45) is 1.86. The number of halogens is 1. The molecule has 0 bridgehead atoms. The maximum absolute atomic E-state index is 13.3. The first-order valence-corrected chi connectivity index (χ1v) is 10.4. The first-order valence-electron chi connectivity index (χ1n) is 10.0. The molecule has 1 aromatic heterocycles. The van der Waals surface area contributed by atoms with Crippen molar-refractivity contribution in [3.63, 3.8) is 0 Å². The van der Waals surface area contributed by atoms with Crippen molar-refractivity contribution < 1.29 is 4.79 Å². The van der Waals surface area contributed by atoms with Crippen LogP contribution in [0, 0.1) is 0 Å². The largest absolute Gasteiger partial charge is 0.336 e. The summed E-state index contributed by atoms with van der Waals surface area (Å²) in [4.78, 5) is 17.7. The van der Waals surface area contributed by atoms with E-state index >= 15 is 0 Å². The molecule has 4 rings (SSSR count). The Bertz CT molecular complexity index is 978. The number of hydrogen-bond donors (Lipinski definition) is 0. The monoisotopic (exact) mass is 408 g/mol. The van der Waals surface area contributed by atoms with Crippen LogP contribution in [-0.2, 0) is 6.54 Å². The molecule has 0 saturated carbocycles. The van der Waals surface area contributed by atoms with Gasteiger partial charge in [0, 0.05) is 43.0 Å². The summed E-state index contributed by atoms with van der Waals surface area (Å²) in [5, 5.41) is 5.47. The Hall–Kier alpha value is -2.63. The van der Waals surface area contributed by atoms with Crippen molar-refractivity contribution in [3.05, 3.63) is 76.9 Å². The highest BCUT2D eigenvalue weighted by atomic mass is 35.5. The average Bonchev–Trinajstić information content (AvgIpc) is 3.19. The van der Waals surface area contributed by atoms with Crippen LogP contribution in [0.15, 0.2) is 60.8 Å². The Labute approximate surface area is 176 Å². The predicted molar refractivity (Wildman–Crippen MR) is 116 cm³/mol. The number of nitrogens with zero attached hydrogens (tertiary/aromatic N) is 4. The fourth-order valence-electron chi connectivity index (χ4n) is 3.71. The third-order valence-corrected chi connectivity index (χ3v) is 5.80. The molecule has 6 heteroatoms. The highest BCUT2D eigenvalue weighted by Crippen LogP contribution is 2.25. The van der Waals surface area contributed by atoms with E-state index in [-0.39, 0.29) is 5.91 Å². The van der Waals surface area contributed by atoms with Gasteiger partial charge in [0.15, 0.2) is 0 Å². The standard InChI is InChI=1S/C23H25ClN4O/c1-2-26-12-14-27(15-13-26)23(29)20-17-28(16-19-10-6-7-11-21(19)24)25-22(20)18-8-4-3-5-9-18/h3-11,17H,2,12-16H2,1H3. The van der Waals surface area contributed by atoms with Gasteiger partial charge in [-0.2, -0.15) is 5.10 Å². The lowest BCUT2D eigenvalue weighted by Crippen LogP contribution is -2.48. The van der Waals surface area contributed by atoms with E-state index < -0.39 is 0 Å². The van der Waals surface area contributed by atoms with Crippen LogP contribution < -0.4 is 0 Å². The summed E-state index contributed by atoms with van der Waals surface area (Å²) in [5.41, 5.74) is 3.29. The highest BCUT2D eigenvalue weighted by Gasteiger charge is 2.26. The molecule has 29 heavy (non-hydrogen) atoms. The van der Waals surface area contributed by atoms with Gasteiger partial charge >= 0.3 is 0 Å². The molecule has 150 valence electrons. The molecule has 0 radical (unpaired) electrons. The SMILES string of the molecule is CCN1CCN(C(=O)c2cn(Cc3ccccc3Cl)nc2-c2ccccc2)CC1. The van der Waals surface area contributed by atoms with Crippen molar-refractivity contribution in [1.29, 1.82) is 0 Å². The Morgan fingerprint density at radius 2 is 1.69 bits per heavy atom. The lowest BCUT2D eigenvalue weighted by atomic mass is 10.1. The smallest absolute Gasteiger partial charge is 0.257 e. The molecule has 1 aliphatic heterocycles. The van der Waals surface area contributed by atoms with Gasteiger partial charge in [-0.15, -0.1) is 0 Å². The summed E-state index contributed by atoms with van der Waals surface area (Å²) < 4.78 is 1.82. The predicted octanol–water partition coefficient (Wildman–Crippen LogP) is 4.03. The van der Waals surface area contributed by atoms with Crippen LogP contribution in [0.5, 0.6) is 0 Å². The molecule has 0 N–H and O–H groups in total. The van der Waals surface area contributed by atoms with Gasteiger partial charge in [-0.05, 0) is 18.2 Å². The number of rotatable bonds is 5. The van der Waals surface area contributed by atoms with Crippen LogP contribution in [-0.4, -0.2) is 58.2 Å². The Balaban J connectivity index is 1.65. The third kappa shape index (κ3) is 4.36. The van der Waals surface area contributed by atoms with Gasteiger partial charge in [0.1, 0.15) is 5.69 Å². The van der Waals surface area contributed by atoms with E-state index in [1.807, 2.05) is 70.4 Å². The fourth-order valence-corrected chi connectivity index (χ4v) is 3.90. The second-order valence-electron chi connectivity index (χ2n) is 7.27. The zero-order valence-corrected chi connectivity index (χ0v) is 17.3. The zero-order chi connectivity index (χ0) is 20.2. The molecule has 0 unspecified atom stereocenters. The number of aromatic nitrogens is 2. The Morgan fingerprint density at radius 1 is 1.00 bits per heavy atom. The van der Waals surface area contributed by atoms with Crippen LogP contribution in [0.4, 0.5) is 0 Å². The lowest BCUT2D eigenvalue weighted by molar-refractivity contribution is 0.0644. The fraction of sp³-hybridized carbons (Fsp3) is 0.304. The zero-order valence-electron chi connectivity index (χ0n) is 16.6. The molecule has 2 aromatic carbocycles. The molecule has 1 saturated heterocycles. The number of amides is 1. The van der Waals surface area contributed by atoms with Crippen molar-refractivity contribution in [2.24, 2.45) is 0 Å². The maximum atomic E-state index is 13.3. The number of piperazine rings is 1. The minimum Gasteiger partial charge on any atom is -0.336 e. The number of hydrogen-bond acceptors (Lipinski definition) is 3. The summed E-state index contributed by atoms with van der Waals surface area (Å²) >= 11 is 6.33. The molecule has 0 atom stereocenters. The Morgan fingerprint density at radius 3 is 2.38 bits per heavy atom. The lowest BCUT2D eigenvalue weighted by Gasteiger charge is -2.34. The minimum absolute atomic E-state index is 0.0463. The van der Waals surface area contributed by atoms with Crippen molar-refractivity contribution in [3.8, 4) is 11.3 Å². The summed E-state index contributed by atoms with van der Waals surface area (Å²) in [6.45, 7) is 7.02. The van der Waals surface area contributed by atoms with Crippen molar-refractivity contribution >= 4 is 17.5 Å². The van der Waals surface area contributed by atoms with E-state index in [0.717, 1.165) is 49.5 Å². The van der Waals surface area contributed by atoms with E-state index in [0.29, 0.717) is 17.1 Å². The molecule has 0 spiro atoms. The highest BCUT2D eigenvalue weighted by molar-refractivity contribution is 6.31. The Kier molecular flexibility index (Phi) is 5.97. The first-order chi connectivity index (χ1) is 14.2. The molecule has 1 aliphatic rings. The molecule has 5 nitrogen and oxygen atoms in total. The van der Waals surface area contributed by atoms with Crippen molar-refractivity contribution in [2.45, 2.75) is 13.5 Å². The van der Waals surface area contributed by atoms with Crippen molar-refractivity contribution in [2.75, 3.05) is 32.7 Å². The molecule has 2 heterocycles. The quantitative estimate of drug-likeness (QED) is 0.640. The van der Waals surface area contributed by atoms with Crippen LogP contribution in [0.3, 0.4) is 0 Å². The summed E-state index contributed by atoms with van der Waals surface area (Å²) in [5.74, 6) is 0.0463. The van der Waals surface area contributed by atoms with E-state index in [9.17, 15) is 4.79 Å². The molecule has 3 aromatic rings. The van der Waals surface area contributed by atoms with E-state index in [2.05, 4.69) is 11.8 Å². The van der Waals surface area contributed by atoms with Gasteiger partial charge in [-0.25, -0.2) is 0 Å². The molecule has 1 fully saturated rings. The first kappa shape index (κ1) is 19.7. The van der Waals surface area contributed by atoms with Gasteiger partial charge in [0.25, 0.3) is 5.91 Å². The molecule has 0 aliphatic carbocycles. The van der Waals surface area contributed by atoms with Gasteiger partial charge in [0.2, 0.25) is 0 Å². The van der Waals surface area contributed by atoms with E-state index in [1.54, 1.807) is 0 Å². The van der Waals surface area contributed by atoms with Crippen LogP contribution >= 0.6 is 11.6 Å². The summed E-state index contributed by atoms with van der Waals surface area (Å²) in [6, 6.07) is 17.6. The number of benzene rings is 2. The van der Waals surface area contributed by atoms with Gasteiger partial charge in [0.05, 0.1) is 12.1 Å². The van der Waals surface area contributed by atoms with Crippen LogP contribution in [0.2, 0.25) is 5.02 Å². The van der Waals surface area contributed by atoms with E-state index in [4.69, 9.17) is 16.7 Å². The number of likely N-dealkylation sites (N-methyl/N-ethyl adjacent to an activating group) is 1. The van der Waals surface area contributed by atoms with Gasteiger partial charge in [-0.3, -0.25) is 9.48 Å². The van der Waals surface area contributed by atoms with E-state index in [1.165, 1.54) is 0 Å². The minimum atomic E-state index is 0.0463. The van der Waals surface area contributed by atoms with Crippen molar-refractivity contribution in [1.82, 2.24) is 19.6 Å². The third-order valence-electron chi connectivity index (χ3n) is 5.44. The number of carbonyl (C=O) groups excluding carboxylic acids is 1.